The highest BCUT2D eigenvalue weighted by Gasteiger charge is 2.26. The molecule has 1 aliphatic heterocycles. The first-order valence-corrected chi connectivity index (χ1v) is 7.63. The molecule has 6 nitrogen and oxygen atoms in total. The standard InChI is InChI=1S/C16H24N4O2/c1-11(20-9-3-4-14(10-20)18-2)16(22)19-13-7-5-12(6-8-13)15(17)21/h5-8,11,14,18H,3-4,9-10H2,1-2H3,(H2,17,21)(H,19,22). The molecular weight excluding hydrogens is 280 g/mol. The van der Waals surface area contributed by atoms with Crippen LogP contribution in [0.4, 0.5) is 5.69 Å². The Morgan fingerprint density at radius 1 is 1.32 bits per heavy atom. The Hall–Kier alpha value is -1.92. The van der Waals surface area contributed by atoms with Crippen molar-refractivity contribution in [2.24, 2.45) is 5.73 Å². The topological polar surface area (TPSA) is 87.5 Å². The summed E-state index contributed by atoms with van der Waals surface area (Å²) in [4.78, 5) is 25.6. The van der Waals surface area contributed by atoms with Crippen molar-refractivity contribution < 1.29 is 9.59 Å². The first kappa shape index (κ1) is 16.5. The zero-order valence-corrected chi connectivity index (χ0v) is 13.1. The fourth-order valence-corrected chi connectivity index (χ4v) is 2.72. The van der Waals surface area contributed by atoms with Crippen molar-refractivity contribution in [2.75, 3.05) is 25.5 Å². The van der Waals surface area contributed by atoms with Crippen LogP contribution in [-0.4, -0.2) is 48.9 Å². The number of nitrogens with one attached hydrogen (secondary N) is 2. The van der Waals surface area contributed by atoms with Crippen LogP contribution in [0, 0.1) is 0 Å². The Balaban J connectivity index is 1.94. The van der Waals surface area contributed by atoms with Crippen LogP contribution in [0.1, 0.15) is 30.1 Å². The minimum atomic E-state index is -0.474. The van der Waals surface area contributed by atoms with Crippen LogP contribution in [0.5, 0.6) is 0 Å². The van der Waals surface area contributed by atoms with Crippen LogP contribution in [0.3, 0.4) is 0 Å². The van der Waals surface area contributed by atoms with E-state index in [1.165, 1.54) is 0 Å². The minimum absolute atomic E-state index is 0.0384. The van der Waals surface area contributed by atoms with Gasteiger partial charge < -0.3 is 16.4 Å². The Labute approximate surface area is 131 Å². The number of anilines is 1. The predicted molar refractivity (Wildman–Crippen MR) is 86.7 cm³/mol. The second-order valence-electron chi connectivity index (χ2n) is 5.73. The number of carbonyl (C=O) groups excluding carboxylic acids is 2. The van der Waals surface area contributed by atoms with Crippen molar-refractivity contribution in [3.8, 4) is 0 Å². The Morgan fingerprint density at radius 2 is 2.00 bits per heavy atom. The van der Waals surface area contributed by atoms with E-state index in [-0.39, 0.29) is 11.9 Å². The monoisotopic (exact) mass is 304 g/mol. The molecule has 0 aromatic heterocycles. The van der Waals surface area contributed by atoms with Crippen LogP contribution >= 0.6 is 0 Å². The normalized spacial score (nSPS) is 20.4. The summed E-state index contributed by atoms with van der Waals surface area (Å²) in [6.45, 7) is 3.74. The maximum absolute atomic E-state index is 12.4. The van der Waals surface area contributed by atoms with Crippen LogP contribution in [-0.2, 0) is 4.79 Å². The Bertz CT molecular complexity index is 529. The maximum Gasteiger partial charge on any atom is 0.248 e. The molecule has 1 aromatic rings. The summed E-state index contributed by atoms with van der Waals surface area (Å²) in [5, 5.41) is 6.16. The number of carbonyl (C=O) groups is 2. The van der Waals surface area contributed by atoms with Gasteiger partial charge in [0.25, 0.3) is 0 Å². The third-order valence-electron chi connectivity index (χ3n) is 4.23. The number of benzene rings is 1. The van der Waals surface area contributed by atoms with Gasteiger partial charge in [-0.1, -0.05) is 0 Å². The van der Waals surface area contributed by atoms with Gasteiger partial charge in [-0.3, -0.25) is 14.5 Å². The molecule has 0 bridgehead atoms. The SMILES string of the molecule is CNC1CCCN(C(C)C(=O)Nc2ccc(C(N)=O)cc2)C1. The van der Waals surface area contributed by atoms with E-state index in [0.29, 0.717) is 17.3 Å². The van der Waals surface area contributed by atoms with Crippen molar-refractivity contribution in [1.29, 1.82) is 0 Å². The second-order valence-corrected chi connectivity index (χ2v) is 5.73. The molecule has 1 aromatic carbocycles. The molecule has 1 fully saturated rings. The minimum Gasteiger partial charge on any atom is -0.366 e. The van der Waals surface area contributed by atoms with Gasteiger partial charge in [0.2, 0.25) is 11.8 Å². The molecular formula is C16H24N4O2. The van der Waals surface area contributed by atoms with Gasteiger partial charge in [-0.2, -0.15) is 0 Å². The number of primary amides is 1. The second kappa shape index (κ2) is 7.38. The van der Waals surface area contributed by atoms with Crippen molar-refractivity contribution in [2.45, 2.75) is 31.8 Å². The summed E-state index contributed by atoms with van der Waals surface area (Å²) in [6.07, 6.45) is 2.24. The van der Waals surface area contributed by atoms with Crippen LogP contribution < -0.4 is 16.4 Å². The van der Waals surface area contributed by atoms with E-state index in [1.54, 1.807) is 24.3 Å². The number of amides is 2. The average Bonchev–Trinajstić information content (AvgIpc) is 2.54. The number of piperidine rings is 1. The van der Waals surface area contributed by atoms with Crippen molar-refractivity contribution in [3.05, 3.63) is 29.8 Å². The fourth-order valence-electron chi connectivity index (χ4n) is 2.72. The molecule has 2 atom stereocenters. The predicted octanol–water partition coefficient (Wildman–Crippen LogP) is 0.796. The lowest BCUT2D eigenvalue weighted by atomic mass is 10.0. The van der Waals surface area contributed by atoms with Crippen LogP contribution in [0.25, 0.3) is 0 Å². The van der Waals surface area contributed by atoms with Crippen LogP contribution in [0.2, 0.25) is 0 Å². The molecule has 0 spiro atoms. The molecule has 2 amide bonds. The van der Waals surface area contributed by atoms with Crippen molar-refractivity contribution in [1.82, 2.24) is 10.2 Å². The molecule has 120 valence electrons. The van der Waals surface area contributed by atoms with Gasteiger partial charge in [-0.25, -0.2) is 0 Å². The summed E-state index contributed by atoms with van der Waals surface area (Å²) in [5.74, 6) is -0.513. The molecule has 4 N–H and O–H groups in total. The summed E-state index contributed by atoms with van der Waals surface area (Å²) < 4.78 is 0. The highest BCUT2D eigenvalue weighted by atomic mass is 16.2. The van der Waals surface area contributed by atoms with E-state index in [9.17, 15) is 9.59 Å². The number of rotatable bonds is 5. The van der Waals surface area contributed by atoms with Gasteiger partial charge in [0, 0.05) is 23.8 Å². The Morgan fingerprint density at radius 3 is 2.59 bits per heavy atom. The van der Waals surface area contributed by atoms with Crippen molar-refractivity contribution in [3.63, 3.8) is 0 Å². The summed E-state index contributed by atoms with van der Waals surface area (Å²) in [6, 6.07) is 6.86. The lowest BCUT2D eigenvalue weighted by Crippen LogP contribution is -2.51. The first-order valence-electron chi connectivity index (χ1n) is 7.63. The van der Waals surface area contributed by atoms with Crippen molar-refractivity contribution >= 4 is 17.5 Å². The summed E-state index contributed by atoms with van der Waals surface area (Å²) >= 11 is 0. The Kier molecular flexibility index (Phi) is 5.51. The van der Waals surface area contributed by atoms with E-state index >= 15 is 0 Å². The number of likely N-dealkylation sites (N-methyl/N-ethyl adjacent to an activating group) is 1. The number of nitrogens with zero attached hydrogens (tertiary/aromatic N) is 1. The lowest BCUT2D eigenvalue weighted by molar-refractivity contribution is -0.121. The number of hydrogen-bond donors (Lipinski definition) is 3. The molecule has 22 heavy (non-hydrogen) atoms. The van der Waals surface area contributed by atoms with E-state index in [1.807, 2.05) is 14.0 Å². The fraction of sp³-hybridized carbons (Fsp3) is 0.500. The molecule has 2 unspecified atom stereocenters. The molecule has 2 rings (SSSR count). The van der Waals surface area contributed by atoms with E-state index in [4.69, 9.17) is 5.73 Å². The summed E-state index contributed by atoms with van der Waals surface area (Å²) in [7, 11) is 1.96. The third-order valence-corrected chi connectivity index (χ3v) is 4.23. The zero-order valence-electron chi connectivity index (χ0n) is 13.1. The largest absolute Gasteiger partial charge is 0.366 e. The van der Waals surface area contributed by atoms with Gasteiger partial charge >= 0.3 is 0 Å². The molecule has 1 aliphatic rings. The average molecular weight is 304 g/mol. The highest BCUT2D eigenvalue weighted by molar-refractivity contribution is 5.96. The highest BCUT2D eigenvalue weighted by Crippen LogP contribution is 2.15. The quantitative estimate of drug-likeness (QED) is 0.751. The summed E-state index contributed by atoms with van der Waals surface area (Å²) in [5.41, 5.74) is 6.30. The molecule has 0 aliphatic carbocycles. The maximum atomic E-state index is 12.4. The van der Waals surface area contributed by atoms with Gasteiger partial charge in [-0.05, 0) is 57.6 Å². The lowest BCUT2D eigenvalue weighted by Gasteiger charge is -2.35. The van der Waals surface area contributed by atoms with Crippen LogP contribution in [0.15, 0.2) is 24.3 Å². The number of likely N-dealkylation sites (tertiary alicyclic amines) is 1. The van der Waals surface area contributed by atoms with E-state index < -0.39 is 5.91 Å². The third kappa shape index (κ3) is 4.05. The van der Waals surface area contributed by atoms with Gasteiger partial charge in [0.15, 0.2) is 0 Å². The van der Waals surface area contributed by atoms with Gasteiger partial charge in [0.05, 0.1) is 6.04 Å². The number of nitrogens with two attached hydrogens (primary N) is 1. The molecule has 1 saturated heterocycles. The molecule has 0 saturated carbocycles. The van der Waals surface area contributed by atoms with Gasteiger partial charge in [-0.15, -0.1) is 0 Å². The first-order chi connectivity index (χ1) is 10.5. The molecule has 1 heterocycles. The smallest absolute Gasteiger partial charge is 0.248 e. The van der Waals surface area contributed by atoms with E-state index in [0.717, 1.165) is 25.9 Å². The van der Waals surface area contributed by atoms with Gasteiger partial charge in [0.1, 0.15) is 0 Å². The molecule has 0 radical (unpaired) electrons. The number of hydrogen-bond acceptors (Lipinski definition) is 4. The van der Waals surface area contributed by atoms with E-state index in [2.05, 4.69) is 15.5 Å². The zero-order chi connectivity index (χ0) is 16.1. The molecule has 6 heteroatoms.